The Bertz CT molecular complexity index is 1560. The average Bonchev–Trinajstić information content (AvgIpc) is 3.23. The molecule has 1 saturated heterocycles. The molecule has 0 bridgehead atoms. The monoisotopic (exact) mass is 510 g/mol. The molecule has 1 amide bonds. The van der Waals surface area contributed by atoms with Crippen molar-refractivity contribution >= 4 is 50.4 Å². The standard InChI is InChI=1S/C28H26N6O2S/c1-16-3-5-19(6-4-16)22-21(15-29)26(31)32-27-23(22)24(30)25(37-27)28(36)34-13-11-33(12-14-34)20-9-7-18(8-10-20)17(2)35/h3-10H,11-14,30H2,1-2H3,(H2,31,32). The van der Waals surface area contributed by atoms with Crippen molar-refractivity contribution < 1.29 is 9.59 Å². The Labute approximate surface area is 218 Å². The topological polar surface area (TPSA) is 129 Å². The van der Waals surface area contributed by atoms with Crippen molar-refractivity contribution in [1.29, 1.82) is 5.26 Å². The molecule has 1 aliphatic heterocycles. The van der Waals surface area contributed by atoms with Crippen LogP contribution in [-0.4, -0.2) is 47.8 Å². The predicted molar refractivity (Wildman–Crippen MR) is 148 cm³/mol. The number of amides is 1. The lowest BCUT2D eigenvalue weighted by Gasteiger charge is -2.36. The minimum atomic E-state index is -0.154. The lowest BCUT2D eigenvalue weighted by atomic mass is 9.96. The van der Waals surface area contributed by atoms with Crippen LogP contribution in [0.1, 0.15) is 38.1 Å². The smallest absolute Gasteiger partial charge is 0.266 e. The number of fused-ring (bicyclic) bond motifs is 1. The van der Waals surface area contributed by atoms with Crippen LogP contribution in [0.5, 0.6) is 0 Å². The van der Waals surface area contributed by atoms with Gasteiger partial charge in [-0.05, 0) is 43.7 Å². The van der Waals surface area contributed by atoms with Crippen molar-refractivity contribution in [2.45, 2.75) is 13.8 Å². The molecule has 3 heterocycles. The minimum Gasteiger partial charge on any atom is -0.397 e. The van der Waals surface area contributed by atoms with Crippen LogP contribution in [0.15, 0.2) is 48.5 Å². The number of ketones is 1. The first-order valence-electron chi connectivity index (χ1n) is 11.9. The summed E-state index contributed by atoms with van der Waals surface area (Å²) in [4.78, 5) is 34.5. The fourth-order valence-corrected chi connectivity index (χ4v) is 5.75. The number of nitrogen functional groups attached to an aromatic ring is 2. The van der Waals surface area contributed by atoms with Crippen molar-refractivity contribution in [2.24, 2.45) is 0 Å². The Kier molecular flexibility index (Phi) is 6.27. The molecule has 0 unspecified atom stereocenters. The summed E-state index contributed by atoms with van der Waals surface area (Å²) >= 11 is 1.21. The van der Waals surface area contributed by atoms with Gasteiger partial charge in [0.2, 0.25) is 0 Å². The van der Waals surface area contributed by atoms with E-state index < -0.39 is 0 Å². The second kappa shape index (κ2) is 9.56. The van der Waals surface area contributed by atoms with Crippen molar-refractivity contribution in [3.8, 4) is 17.2 Å². The highest BCUT2D eigenvalue weighted by Gasteiger charge is 2.29. The molecule has 5 rings (SSSR count). The summed E-state index contributed by atoms with van der Waals surface area (Å²) in [6.45, 7) is 5.92. The molecule has 1 aliphatic rings. The van der Waals surface area contributed by atoms with Crippen LogP contribution in [0.2, 0.25) is 0 Å². The highest BCUT2D eigenvalue weighted by molar-refractivity contribution is 7.21. The van der Waals surface area contributed by atoms with Crippen LogP contribution < -0.4 is 16.4 Å². The van der Waals surface area contributed by atoms with Crippen molar-refractivity contribution in [3.63, 3.8) is 0 Å². The number of thiophene rings is 1. The molecule has 0 atom stereocenters. The number of piperazine rings is 1. The number of nitrogens with two attached hydrogens (primary N) is 2. The molecule has 0 saturated carbocycles. The van der Waals surface area contributed by atoms with Crippen LogP contribution in [-0.2, 0) is 0 Å². The third kappa shape index (κ3) is 4.36. The van der Waals surface area contributed by atoms with E-state index in [-0.39, 0.29) is 23.1 Å². The zero-order valence-corrected chi connectivity index (χ0v) is 21.4. The summed E-state index contributed by atoms with van der Waals surface area (Å²) in [6.07, 6.45) is 0. The van der Waals surface area contributed by atoms with E-state index in [0.29, 0.717) is 58.1 Å². The fraction of sp³-hybridized carbons (Fsp3) is 0.214. The number of anilines is 3. The minimum absolute atomic E-state index is 0.0339. The summed E-state index contributed by atoms with van der Waals surface area (Å²) in [7, 11) is 0. The van der Waals surface area contributed by atoms with E-state index in [1.807, 2.05) is 55.5 Å². The molecule has 9 heteroatoms. The number of benzene rings is 2. The summed E-state index contributed by atoms with van der Waals surface area (Å²) < 4.78 is 0. The molecule has 8 nitrogen and oxygen atoms in total. The molecule has 37 heavy (non-hydrogen) atoms. The van der Waals surface area contributed by atoms with Gasteiger partial charge in [-0.15, -0.1) is 11.3 Å². The Morgan fingerprint density at radius 1 is 1.00 bits per heavy atom. The number of pyridine rings is 1. The number of nitriles is 1. The first-order chi connectivity index (χ1) is 17.8. The Hall–Kier alpha value is -4.42. The van der Waals surface area contributed by atoms with Gasteiger partial charge in [-0.25, -0.2) is 4.98 Å². The summed E-state index contributed by atoms with van der Waals surface area (Å²) in [5, 5.41) is 10.4. The van der Waals surface area contributed by atoms with Gasteiger partial charge in [0.1, 0.15) is 27.2 Å². The predicted octanol–water partition coefficient (Wildman–Crippen LogP) is 4.47. The van der Waals surface area contributed by atoms with Crippen molar-refractivity contribution in [1.82, 2.24) is 9.88 Å². The van der Waals surface area contributed by atoms with Crippen molar-refractivity contribution in [3.05, 3.63) is 70.1 Å². The maximum atomic E-state index is 13.6. The highest BCUT2D eigenvalue weighted by atomic mass is 32.1. The van der Waals surface area contributed by atoms with E-state index >= 15 is 0 Å². The van der Waals surface area contributed by atoms with E-state index in [1.54, 1.807) is 11.8 Å². The van der Waals surface area contributed by atoms with Crippen LogP contribution in [0, 0.1) is 18.3 Å². The maximum absolute atomic E-state index is 13.6. The number of carbonyl (C=O) groups excluding carboxylic acids is 2. The number of hydrogen-bond donors (Lipinski definition) is 2. The zero-order chi connectivity index (χ0) is 26.3. The van der Waals surface area contributed by atoms with E-state index in [9.17, 15) is 14.9 Å². The zero-order valence-electron chi connectivity index (χ0n) is 20.6. The van der Waals surface area contributed by atoms with Gasteiger partial charge < -0.3 is 21.3 Å². The van der Waals surface area contributed by atoms with E-state index in [0.717, 1.165) is 16.8 Å². The van der Waals surface area contributed by atoms with Gasteiger partial charge in [-0.2, -0.15) is 5.26 Å². The second-order valence-electron chi connectivity index (χ2n) is 9.13. The number of carbonyl (C=O) groups is 2. The summed E-state index contributed by atoms with van der Waals surface area (Å²) in [5.74, 6) is 0.000745. The Morgan fingerprint density at radius 3 is 2.24 bits per heavy atom. The Balaban J connectivity index is 1.44. The number of rotatable bonds is 4. The second-order valence-corrected chi connectivity index (χ2v) is 10.1. The third-order valence-corrected chi connectivity index (χ3v) is 7.84. The molecule has 0 aliphatic carbocycles. The average molecular weight is 511 g/mol. The number of aromatic nitrogens is 1. The molecule has 2 aromatic heterocycles. The maximum Gasteiger partial charge on any atom is 0.266 e. The van der Waals surface area contributed by atoms with Crippen LogP contribution in [0.25, 0.3) is 21.3 Å². The van der Waals surface area contributed by atoms with Gasteiger partial charge in [0, 0.05) is 48.4 Å². The number of nitrogens with zero attached hydrogens (tertiary/aromatic N) is 4. The molecule has 186 valence electrons. The summed E-state index contributed by atoms with van der Waals surface area (Å²) in [6, 6.07) is 17.5. The molecule has 0 radical (unpaired) electrons. The van der Waals surface area contributed by atoms with Crippen LogP contribution in [0.3, 0.4) is 0 Å². The fourth-order valence-electron chi connectivity index (χ4n) is 4.67. The molecular formula is C28H26N6O2S. The van der Waals surface area contributed by atoms with Gasteiger partial charge in [-0.3, -0.25) is 9.59 Å². The first-order valence-corrected chi connectivity index (χ1v) is 12.7. The number of aryl methyl sites for hydroxylation is 1. The van der Waals surface area contributed by atoms with Gasteiger partial charge in [0.05, 0.1) is 5.69 Å². The molecular weight excluding hydrogens is 484 g/mol. The van der Waals surface area contributed by atoms with Gasteiger partial charge in [0.15, 0.2) is 5.78 Å². The molecule has 4 aromatic rings. The largest absolute Gasteiger partial charge is 0.397 e. The van der Waals surface area contributed by atoms with Crippen LogP contribution in [0.4, 0.5) is 17.2 Å². The quantitative estimate of drug-likeness (QED) is 0.387. The molecule has 4 N–H and O–H groups in total. The van der Waals surface area contributed by atoms with E-state index in [4.69, 9.17) is 11.5 Å². The van der Waals surface area contributed by atoms with Gasteiger partial charge in [0.25, 0.3) is 5.91 Å². The number of Topliss-reactive ketones (excluding diaryl/α,β-unsaturated/α-hetero) is 1. The first kappa shape index (κ1) is 24.3. The molecule has 2 aromatic carbocycles. The van der Waals surface area contributed by atoms with Gasteiger partial charge >= 0.3 is 0 Å². The summed E-state index contributed by atoms with van der Waals surface area (Å²) in [5.41, 5.74) is 17.5. The lowest BCUT2D eigenvalue weighted by Crippen LogP contribution is -2.48. The molecule has 0 spiro atoms. The van der Waals surface area contributed by atoms with Gasteiger partial charge in [-0.1, -0.05) is 29.8 Å². The van der Waals surface area contributed by atoms with E-state index in [1.165, 1.54) is 11.3 Å². The normalized spacial score (nSPS) is 13.5. The lowest BCUT2D eigenvalue weighted by molar-refractivity contribution is 0.0752. The highest BCUT2D eigenvalue weighted by Crippen LogP contribution is 2.43. The van der Waals surface area contributed by atoms with Crippen molar-refractivity contribution in [2.75, 3.05) is 42.5 Å². The number of hydrogen-bond acceptors (Lipinski definition) is 8. The van der Waals surface area contributed by atoms with E-state index in [2.05, 4.69) is 16.0 Å². The Morgan fingerprint density at radius 2 is 1.65 bits per heavy atom. The molecule has 1 fully saturated rings. The third-order valence-electron chi connectivity index (χ3n) is 6.76. The SMILES string of the molecule is CC(=O)c1ccc(N2CCN(C(=O)c3sc4nc(N)c(C#N)c(-c5ccc(C)cc5)c4c3N)CC2)cc1. The van der Waals surface area contributed by atoms with Crippen LogP contribution >= 0.6 is 11.3 Å².